The fraction of sp³-hybridized carbons (Fsp3) is 0.417. The highest BCUT2D eigenvalue weighted by atomic mass is 35.5. The van der Waals surface area contributed by atoms with Crippen LogP contribution in [-0.2, 0) is 27.3 Å². The minimum Gasteiger partial charge on any atom is -0.459 e. The number of likely N-dealkylation sites (tertiary alicyclic amines) is 1. The smallest absolute Gasteiger partial charge is 0.413 e. The largest absolute Gasteiger partial charge is 0.459 e. The fourth-order valence-electron chi connectivity index (χ4n) is 3.68. The Morgan fingerprint density at radius 3 is 2.47 bits per heavy atom. The zero-order valence-corrected chi connectivity index (χ0v) is 19.0. The zero-order valence-electron chi connectivity index (χ0n) is 18.3. The Morgan fingerprint density at radius 2 is 1.84 bits per heavy atom. The predicted molar refractivity (Wildman–Crippen MR) is 117 cm³/mol. The lowest BCUT2D eigenvalue weighted by Gasteiger charge is -2.30. The average molecular weight is 464 g/mol. The third kappa shape index (κ3) is 5.99. The van der Waals surface area contributed by atoms with E-state index in [1.54, 1.807) is 26.8 Å². The number of aliphatic hydroxyl groups excluding tert-OH is 1. The van der Waals surface area contributed by atoms with E-state index in [1.165, 1.54) is 12.1 Å². The molecule has 1 unspecified atom stereocenters. The Balaban J connectivity index is 1.78. The van der Waals surface area contributed by atoms with Crippen molar-refractivity contribution in [2.75, 3.05) is 0 Å². The highest BCUT2D eigenvalue weighted by Gasteiger charge is 2.48. The lowest BCUT2D eigenvalue weighted by atomic mass is 9.95. The van der Waals surface area contributed by atoms with Crippen molar-refractivity contribution in [3.63, 3.8) is 0 Å². The molecule has 3 rings (SSSR count). The molecule has 2 aromatic rings. The maximum Gasteiger partial charge on any atom is 0.413 e. The molecule has 1 fully saturated rings. The summed E-state index contributed by atoms with van der Waals surface area (Å²) in [6.07, 6.45) is -1.61. The van der Waals surface area contributed by atoms with Crippen molar-refractivity contribution < 1.29 is 28.6 Å². The number of amides is 1. The van der Waals surface area contributed by atoms with E-state index in [0.717, 1.165) is 10.5 Å². The van der Waals surface area contributed by atoms with Crippen LogP contribution in [-0.4, -0.2) is 39.9 Å². The molecule has 1 N–H and O–H groups in total. The van der Waals surface area contributed by atoms with Gasteiger partial charge >= 0.3 is 12.1 Å². The molecule has 0 aliphatic carbocycles. The number of rotatable bonds is 5. The van der Waals surface area contributed by atoms with E-state index in [-0.39, 0.29) is 18.1 Å². The summed E-state index contributed by atoms with van der Waals surface area (Å²) in [7, 11) is 0. The number of nitrogens with zero attached hydrogens (tertiary/aromatic N) is 1. The second-order valence-electron chi connectivity index (χ2n) is 8.86. The summed E-state index contributed by atoms with van der Waals surface area (Å²) in [6, 6.07) is 12.4. The van der Waals surface area contributed by atoms with E-state index in [9.17, 15) is 19.1 Å². The van der Waals surface area contributed by atoms with Gasteiger partial charge in [-0.3, -0.25) is 4.90 Å². The summed E-state index contributed by atoms with van der Waals surface area (Å²) in [6.45, 7) is 5.16. The first-order chi connectivity index (χ1) is 15.0. The van der Waals surface area contributed by atoms with Gasteiger partial charge in [-0.15, -0.1) is 0 Å². The molecule has 32 heavy (non-hydrogen) atoms. The molecule has 172 valence electrons. The number of esters is 1. The van der Waals surface area contributed by atoms with Gasteiger partial charge in [-0.25, -0.2) is 14.0 Å². The van der Waals surface area contributed by atoms with Crippen LogP contribution in [0.15, 0.2) is 48.5 Å². The van der Waals surface area contributed by atoms with Gasteiger partial charge in [0.1, 0.15) is 30.3 Å². The first-order valence-corrected chi connectivity index (χ1v) is 10.8. The molecule has 1 aliphatic heterocycles. The summed E-state index contributed by atoms with van der Waals surface area (Å²) >= 11 is 5.87. The van der Waals surface area contributed by atoms with E-state index in [2.05, 4.69) is 0 Å². The van der Waals surface area contributed by atoms with Crippen LogP contribution in [0.2, 0.25) is 5.02 Å². The second-order valence-corrected chi connectivity index (χ2v) is 9.27. The number of hydrogen-bond donors (Lipinski definition) is 1. The van der Waals surface area contributed by atoms with Gasteiger partial charge in [0.05, 0.1) is 5.02 Å². The van der Waals surface area contributed by atoms with Gasteiger partial charge in [-0.05, 0) is 56.9 Å². The van der Waals surface area contributed by atoms with Gasteiger partial charge in [0.25, 0.3) is 0 Å². The van der Waals surface area contributed by atoms with Gasteiger partial charge in [0.15, 0.2) is 0 Å². The van der Waals surface area contributed by atoms with Crippen molar-refractivity contribution in [3.05, 3.63) is 70.5 Å². The summed E-state index contributed by atoms with van der Waals surface area (Å²) < 4.78 is 24.3. The first-order valence-electron chi connectivity index (χ1n) is 10.4. The minimum atomic E-state index is -1.28. The van der Waals surface area contributed by atoms with E-state index in [1.807, 2.05) is 30.3 Å². The van der Waals surface area contributed by atoms with E-state index in [4.69, 9.17) is 21.1 Å². The van der Waals surface area contributed by atoms with Crippen molar-refractivity contribution in [3.8, 4) is 0 Å². The van der Waals surface area contributed by atoms with Gasteiger partial charge in [-0.1, -0.05) is 48.0 Å². The van der Waals surface area contributed by atoms with E-state index >= 15 is 0 Å². The normalized spacial score (nSPS) is 20.8. The quantitative estimate of drug-likeness (QED) is 0.650. The number of hydrogen-bond acceptors (Lipinski definition) is 5. The SMILES string of the molecule is CC(C)(C)OC(=O)N1C(O)[C@@H](Cc2ccc(F)c(Cl)c2)C[C@@H]1C(=O)OCc1ccccc1. The summed E-state index contributed by atoms with van der Waals surface area (Å²) in [5.41, 5.74) is 0.682. The Hall–Kier alpha value is -2.64. The Labute approximate surface area is 191 Å². The van der Waals surface area contributed by atoms with Crippen molar-refractivity contribution in [2.24, 2.45) is 5.92 Å². The van der Waals surface area contributed by atoms with Crippen LogP contribution in [0.5, 0.6) is 0 Å². The molecule has 0 aromatic heterocycles. The number of carbonyl (C=O) groups is 2. The Morgan fingerprint density at radius 1 is 1.16 bits per heavy atom. The molecule has 0 spiro atoms. The standard InChI is InChI=1S/C24H27ClFNO5/c1-24(2,3)32-23(30)27-20(22(29)31-14-15-7-5-4-6-8-15)13-17(21(27)28)11-16-9-10-19(26)18(25)12-16/h4-10,12,17,20-21,28H,11,13-14H2,1-3H3/t17-,20+,21?/m0/s1. The number of halogens is 2. The zero-order chi connectivity index (χ0) is 23.5. The Bertz CT molecular complexity index is 963. The average Bonchev–Trinajstić information content (AvgIpc) is 3.05. The fourth-order valence-corrected chi connectivity index (χ4v) is 3.88. The maximum absolute atomic E-state index is 13.5. The van der Waals surface area contributed by atoms with Gasteiger partial charge in [0, 0.05) is 5.92 Å². The predicted octanol–water partition coefficient (Wildman–Crippen LogP) is 4.71. The molecular weight excluding hydrogens is 437 g/mol. The van der Waals surface area contributed by atoms with Gasteiger partial charge < -0.3 is 14.6 Å². The highest BCUT2D eigenvalue weighted by molar-refractivity contribution is 6.30. The molecule has 8 heteroatoms. The molecule has 6 nitrogen and oxygen atoms in total. The molecule has 0 bridgehead atoms. The number of benzene rings is 2. The summed E-state index contributed by atoms with van der Waals surface area (Å²) in [5.74, 6) is -1.66. The highest BCUT2D eigenvalue weighted by Crippen LogP contribution is 2.34. The molecule has 3 atom stereocenters. The number of ether oxygens (including phenoxy) is 2. The molecule has 0 radical (unpaired) electrons. The first kappa shape index (κ1) is 24.0. The van der Waals surface area contributed by atoms with Crippen LogP contribution in [0, 0.1) is 11.7 Å². The van der Waals surface area contributed by atoms with Crippen LogP contribution in [0.4, 0.5) is 9.18 Å². The Kier molecular flexibility index (Phi) is 7.41. The van der Waals surface area contributed by atoms with Crippen LogP contribution in [0.1, 0.15) is 38.3 Å². The molecule has 1 saturated heterocycles. The minimum absolute atomic E-state index is 0.0298. The number of carbonyl (C=O) groups excluding carboxylic acids is 2. The maximum atomic E-state index is 13.5. The van der Waals surface area contributed by atoms with Crippen LogP contribution >= 0.6 is 11.6 Å². The number of aliphatic hydroxyl groups is 1. The van der Waals surface area contributed by atoms with E-state index < -0.39 is 41.7 Å². The molecule has 0 saturated carbocycles. The van der Waals surface area contributed by atoms with Gasteiger partial charge in [0.2, 0.25) is 0 Å². The van der Waals surface area contributed by atoms with Crippen molar-refractivity contribution in [1.82, 2.24) is 4.90 Å². The summed E-state index contributed by atoms with van der Waals surface area (Å²) in [5, 5.41) is 10.9. The molecule has 2 aromatic carbocycles. The van der Waals surface area contributed by atoms with Crippen molar-refractivity contribution in [2.45, 2.75) is 58.1 Å². The van der Waals surface area contributed by atoms with Crippen molar-refractivity contribution >= 4 is 23.7 Å². The van der Waals surface area contributed by atoms with Crippen LogP contribution in [0.25, 0.3) is 0 Å². The monoisotopic (exact) mass is 463 g/mol. The van der Waals surface area contributed by atoms with E-state index in [0.29, 0.717) is 12.0 Å². The summed E-state index contributed by atoms with van der Waals surface area (Å²) in [4.78, 5) is 26.7. The lowest BCUT2D eigenvalue weighted by Crippen LogP contribution is -2.48. The van der Waals surface area contributed by atoms with Crippen LogP contribution < -0.4 is 0 Å². The molecule has 1 heterocycles. The molecule has 1 aliphatic rings. The lowest BCUT2D eigenvalue weighted by molar-refractivity contribution is -0.152. The topological polar surface area (TPSA) is 76.1 Å². The molecular formula is C24H27ClFNO5. The van der Waals surface area contributed by atoms with Gasteiger partial charge in [-0.2, -0.15) is 0 Å². The second kappa shape index (κ2) is 9.88. The van der Waals surface area contributed by atoms with Crippen molar-refractivity contribution in [1.29, 1.82) is 0 Å². The molecule has 1 amide bonds. The third-order valence-electron chi connectivity index (χ3n) is 5.15. The third-order valence-corrected chi connectivity index (χ3v) is 5.44. The van der Waals surface area contributed by atoms with Crippen LogP contribution in [0.3, 0.4) is 0 Å².